The average Bonchev–Trinajstić information content (AvgIpc) is 1.86. The number of halogens is 3. The first-order valence-electron chi connectivity index (χ1n) is 2.74. The molecule has 1 heterocycles. The van der Waals surface area contributed by atoms with Crippen molar-refractivity contribution in [2.24, 2.45) is 0 Å². The van der Waals surface area contributed by atoms with Crippen LogP contribution in [0.15, 0.2) is 6.07 Å². The average molecular weight is 212 g/mol. The Hall–Kier alpha value is -0.120. The second-order valence-electron chi connectivity index (χ2n) is 1.96. The zero-order valence-corrected chi connectivity index (χ0v) is 7.82. The Morgan fingerprint density at radius 2 is 1.91 bits per heavy atom. The zero-order valence-electron chi connectivity index (χ0n) is 5.55. The van der Waals surface area contributed by atoms with Crippen LogP contribution < -0.4 is 0 Å². The summed E-state index contributed by atoms with van der Waals surface area (Å²) in [5.41, 5.74) is 0.955. The molecule has 1 rings (SSSR count). The van der Waals surface area contributed by atoms with Crippen LogP contribution in [0.25, 0.3) is 0 Å². The van der Waals surface area contributed by atoms with Gasteiger partial charge >= 0.3 is 0 Å². The van der Waals surface area contributed by atoms with Crippen molar-refractivity contribution in [1.82, 2.24) is 15.4 Å². The summed E-state index contributed by atoms with van der Waals surface area (Å²) in [4.78, 5) is 0. The maximum absolute atomic E-state index is 5.53. The Morgan fingerprint density at radius 1 is 1.27 bits per heavy atom. The number of aromatic nitrogens is 3. The van der Waals surface area contributed by atoms with Crippen molar-refractivity contribution >= 4 is 34.8 Å². The van der Waals surface area contributed by atoms with E-state index in [-0.39, 0.29) is 5.69 Å². The van der Waals surface area contributed by atoms with E-state index in [4.69, 9.17) is 34.8 Å². The Morgan fingerprint density at radius 3 is 2.27 bits per heavy atom. The molecule has 0 fully saturated rings. The van der Waals surface area contributed by atoms with E-state index in [0.717, 1.165) is 0 Å². The van der Waals surface area contributed by atoms with E-state index >= 15 is 0 Å². The number of hydrogen-bond donors (Lipinski definition) is 0. The predicted octanol–water partition coefficient (Wildman–Crippen LogP) is 2.01. The fourth-order valence-corrected chi connectivity index (χ4v) is 0.812. The molecule has 1 aromatic rings. The highest BCUT2D eigenvalue weighted by Gasteiger charge is 2.25. The highest BCUT2D eigenvalue weighted by Crippen LogP contribution is 2.36. The number of hydrogen-bond acceptors (Lipinski definition) is 3. The van der Waals surface area contributed by atoms with E-state index in [1.54, 1.807) is 13.0 Å². The van der Waals surface area contributed by atoms with Gasteiger partial charge in [0.1, 0.15) is 5.69 Å². The predicted molar refractivity (Wildman–Crippen MR) is 43.8 cm³/mol. The van der Waals surface area contributed by atoms with Gasteiger partial charge in [-0.05, 0) is 18.2 Å². The summed E-state index contributed by atoms with van der Waals surface area (Å²) in [6.45, 7) is 1.74. The third-order valence-corrected chi connectivity index (χ3v) is 1.57. The largest absolute Gasteiger partial charge is 0.234 e. The van der Waals surface area contributed by atoms with Gasteiger partial charge in [0, 0.05) is 0 Å². The molecular formula is C5H4Cl3N3. The minimum absolute atomic E-state index is 0.287. The standard InChI is InChI=1S/C5H4Cl3N3/c1-3-2-4(5(6,7)8)10-11-9-3/h2H,1H3. The summed E-state index contributed by atoms with van der Waals surface area (Å²) in [6, 6.07) is 1.57. The molecule has 0 aliphatic rings. The van der Waals surface area contributed by atoms with Gasteiger partial charge in [-0.25, -0.2) is 0 Å². The molecule has 6 heteroatoms. The number of aryl methyl sites for hydroxylation is 1. The monoisotopic (exact) mass is 211 g/mol. The second-order valence-corrected chi connectivity index (χ2v) is 4.24. The first-order chi connectivity index (χ1) is 5.00. The molecule has 60 valence electrons. The molecule has 0 unspecified atom stereocenters. The van der Waals surface area contributed by atoms with Crippen LogP contribution >= 0.6 is 34.8 Å². The van der Waals surface area contributed by atoms with Crippen LogP contribution in [0.4, 0.5) is 0 Å². The summed E-state index contributed by atoms with van der Waals surface area (Å²) in [7, 11) is 0. The maximum Gasteiger partial charge on any atom is 0.234 e. The van der Waals surface area contributed by atoms with Crippen LogP contribution in [-0.2, 0) is 3.79 Å². The molecule has 0 aliphatic carbocycles. The summed E-state index contributed by atoms with van der Waals surface area (Å²) in [6.07, 6.45) is 0. The molecule has 11 heavy (non-hydrogen) atoms. The Balaban J connectivity index is 3.06. The van der Waals surface area contributed by atoms with Gasteiger partial charge in [0.25, 0.3) is 0 Å². The van der Waals surface area contributed by atoms with Gasteiger partial charge in [0.2, 0.25) is 3.79 Å². The lowest BCUT2D eigenvalue weighted by molar-refractivity contribution is 0.798. The maximum atomic E-state index is 5.53. The molecular weight excluding hydrogens is 208 g/mol. The van der Waals surface area contributed by atoms with Crippen molar-refractivity contribution in [3.05, 3.63) is 17.5 Å². The Bertz CT molecular complexity index is 257. The molecule has 0 aromatic carbocycles. The number of alkyl halides is 3. The lowest BCUT2D eigenvalue weighted by atomic mass is 10.4. The van der Waals surface area contributed by atoms with Crippen molar-refractivity contribution in [3.63, 3.8) is 0 Å². The Kier molecular flexibility index (Phi) is 2.52. The van der Waals surface area contributed by atoms with Crippen LogP contribution in [0.5, 0.6) is 0 Å². The molecule has 0 aliphatic heterocycles. The number of rotatable bonds is 0. The summed E-state index contributed by atoms with van der Waals surface area (Å²) >= 11 is 16.6. The lowest BCUT2D eigenvalue weighted by Gasteiger charge is -2.07. The van der Waals surface area contributed by atoms with Crippen LogP contribution in [0, 0.1) is 6.92 Å². The first kappa shape index (κ1) is 8.97. The van der Waals surface area contributed by atoms with Gasteiger partial charge in [0.05, 0.1) is 5.69 Å². The van der Waals surface area contributed by atoms with Crippen molar-refractivity contribution in [2.45, 2.75) is 10.7 Å². The molecule has 0 atom stereocenters. The molecule has 0 amide bonds. The molecule has 0 radical (unpaired) electrons. The minimum Gasteiger partial charge on any atom is -0.136 e. The molecule has 0 bridgehead atoms. The van der Waals surface area contributed by atoms with E-state index in [9.17, 15) is 0 Å². The summed E-state index contributed by atoms with van der Waals surface area (Å²) in [5.74, 6) is 0. The first-order valence-corrected chi connectivity index (χ1v) is 3.88. The third kappa shape index (κ3) is 2.43. The topological polar surface area (TPSA) is 38.7 Å². The smallest absolute Gasteiger partial charge is 0.136 e. The fourth-order valence-electron chi connectivity index (χ4n) is 0.535. The highest BCUT2D eigenvalue weighted by atomic mass is 35.6. The van der Waals surface area contributed by atoms with E-state index in [2.05, 4.69) is 15.4 Å². The van der Waals surface area contributed by atoms with Gasteiger partial charge in [-0.1, -0.05) is 34.8 Å². The van der Waals surface area contributed by atoms with Gasteiger partial charge < -0.3 is 0 Å². The van der Waals surface area contributed by atoms with Crippen molar-refractivity contribution in [2.75, 3.05) is 0 Å². The molecule has 0 spiro atoms. The molecule has 1 aromatic heterocycles. The van der Waals surface area contributed by atoms with Crippen LogP contribution in [0.2, 0.25) is 0 Å². The minimum atomic E-state index is -1.51. The SMILES string of the molecule is Cc1cc(C(Cl)(Cl)Cl)nnn1. The second kappa shape index (κ2) is 3.09. The lowest BCUT2D eigenvalue weighted by Crippen LogP contribution is -2.06. The van der Waals surface area contributed by atoms with Crippen molar-refractivity contribution < 1.29 is 0 Å². The van der Waals surface area contributed by atoms with Crippen molar-refractivity contribution in [1.29, 1.82) is 0 Å². The quantitative estimate of drug-likeness (QED) is 0.618. The Labute approximate surface area is 78.7 Å². The van der Waals surface area contributed by atoms with Crippen LogP contribution in [0.1, 0.15) is 11.4 Å². The molecule has 0 saturated carbocycles. The van der Waals surface area contributed by atoms with Crippen LogP contribution in [-0.4, -0.2) is 15.4 Å². The number of nitrogens with zero attached hydrogens (tertiary/aromatic N) is 3. The summed E-state index contributed by atoms with van der Waals surface area (Å²) < 4.78 is -1.51. The van der Waals surface area contributed by atoms with Crippen molar-refractivity contribution in [3.8, 4) is 0 Å². The molecule has 3 nitrogen and oxygen atoms in total. The van der Waals surface area contributed by atoms with Gasteiger partial charge in [-0.2, -0.15) is 0 Å². The zero-order chi connectivity index (χ0) is 8.48. The van der Waals surface area contributed by atoms with E-state index in [0.29, 0.717) is 5.69 Å². The molecule has 0 saturated heterocycles. The third-order valence-electron chi connectivity index (χ3n) is 0.991. The summed E-state index contributed by atoms with van der Waals surface area (Å²) in [5, 5.41) is 10.6. The fraction of sp³-hybridized carbons (Fsp3) is 0.400. The van der Waals surface area contributed by atoms with E-state index in [1.165, 1.54) is 0 Å². The highest BCUT2D eigenvalue weighted by molar-refractivity contribution is 6.66. The van der Waals surface area contributed by atoms with E-state index in [1.807, 2.05) is 0 Å². The van der Waals surface area contributed by atoms with Gasteiger partial charge in [-0.3, -0.25) is 0 Å². The van der Waals surface area contributed by atoms with Crippen LogP contribution in [0.3, 0.4) is 0 Å². The van der Waals surface area contributed by atoms with E-state index < -0.39 is 3.79 Å². The van der Waals surface area contributed by atoms with Gasteiger partial charge in [0.15, 0.2) is 0 Å². The van der Waals surface area contributed by atoms with Gasteiger partial charge in [-0.15, -0.1) is 10.2 Å². The normalized spacial score (nSPS) is 11.6. The molecule has 0 N–H and O–H groups in total.